The molecule has 0 unspecified atom stereocenters. The van der Waals surface area contributed by atoms with Gasteiger partial charge in [-0.05, 0) is 43.7 Å². The Morgan fingerprint density at radius 1 is 1.15 bits per heavy atom. The zero-order chi connectivity index (χ0) is 23.5. The van der Waals surface area contributed by atoms with Crippen LogP contribution in [0.5, 0.6) is 5.75 Å². The van der Waals surface area contributed by atoms with Crippen LogP contribution in [0, 0.1) is 6.92 Å². The molecule has 0 saturated carbocycles. The van der Waals surface area contributed by atoms with E-state index in [0.29, 0.717) is 27.5 Å². The van der Waals surface area contributed by atoms with Crippen molar-refractivity contribution in [3.63, 3.8) is 0 Å². The van der Waals surface area contributed by atoms with Crippen LogP contribution in [0.3, 0.4) is 0 Å². The molecule has 0 aliphatic heterocycles. The van der Waals surface area contributed by atoms with E-state index in [4.69, 9.17) is 9.47 Å². The SMILES string of the molecule is CCOC(=O)NC(=O)CSc1nnc2n(-c3cc(C)ccc3OC)c(=O)c3ccccc3n12. The van der Waals surface area contributed by atoms with Crippen LogP contribution in [-0.4, -0.2) is 50.6 Å². The molecule has 33 heavy (non-hydrogen) atoms. The number of imide groups is 1. The van der Waals surface area contributed by atoms with E-state index in [2.05, 4.69) is 15.5 Å². The molecule has 170 valence electrons. The third kappa shape index (κ3) is 4.27. The molecule has 2 heterocycles. The Morgan fingerprint density at radius 2 is 1.94 bits per heavy atom. The molecule has 0 radical (unpaired) electrons. The molecule has 1 N–H and O–H groups in total. The van der Waals surface area contributed by atoms with Crippen molar-refractivity contribution in [1.29, 1.82) is 0 Å². The molecule has 0 spiro atoms. The van der Waals surface area contributed by atoms with Crippen LogP contribution >= 0.6 is 11.8 Å². The van der Waals surface area contributed by atoms with E-state index in [1.807, 2.05) is 19.1 Å². The Bertz CT molecular complexity index is 1430. The number of aryl methyl sites for hydroxylation is 1. The number of carbonyl (C=O) groups is 2. The molecular formula is C22H21N5O5S. The number of thioether (sulfide) groups is 1. The summed E-state index contributed by atoms with van der Waals surface area (Å²) in [5.41, 5.74) is 1.79. The Hall–Kier alpha value is -3.86. The summed E-state index contributed by atoms with van der Waals surface area (Å²) >= 11 is 1.09. The summed E-state index contributed by atoms with van der Waals surface area (Å²) in [6.45, 7) is 3.72. The van der Waals surface area contributed by atoms with E-state index in [1.54, 1.807) is 41.7 Å². The van der Waals surface area contributed by atoms with E-state index in [0.717, 1.165) is 17.3 Å². The van der Waals surface area contributed by atoms with Crippen LogP contribution < -0.4 is 15.6 Å². The van der Waals surface area contributed by atoms with Gasteiger partial charge in [0.05, 0.1) is 36.1 Å². The normalized spacial score (nSPS) is 11.0. The Kier molecular flexibility index (Phi) is 6.31. The first kappa shape index (κ1) is 22.3. The number of benzene rings is 2. The van der Waals surface area contributed by atoms with Crippen molar-refractivity contribution >= 4 is 40.4 Å². The summed E-state index contributed by atoms with van der Waals surface area (Å²) in [4.78, 5) is 37.1. The van der Waals surface area contributed by atoms with Crippen LogP contribution in [0.25, 0.3) is 22.4 Å². The third-order valence-corrected chi connectivity index (χ3v) is 5.75. The highest BCUT2D eigenvalue weighted by Gasteiger charge is 2.21. The van der Waals surface area contributed by atoms with Crippen molar-refractivity contribution in [3.05, 3.63) is 58.4 Å². The van der Waals surface area contributed by atoms with Crippen molar-refractivity contribution in [3.8, 4) is 11.4 Å². The van der Waals surface area contributed by atoms with Crippen molar-refractivity contribution in [2.75, 3.05) is 19.5 Å². The fraction of sp³-hybridized carbons (Fsp3) is 0.227. The number of methoxy groups -OCH3 is 1. The lowest BCUT2D eigenvalue weighted by Gasteiger charge is -2.14. The maximum atomic E-state index is 13.5. The minimum Gasteiger partial charge on any atom is -0.495 e. The number of hydrogen-bond donors (Lipinski definition) is 1. The summed E-state index contributed by atoms with van der Waals surface area (Å²) in [6, 6.07) is 12.6. The lowest BCUT2D eigenvalue weighted by molar-refractivity contribution is -0.117. The molecule has 0 aliphatic rings. The summed E-state index contributed by atoms with van der Waals surface area (Å²) in [6.07, 6.45) is -0.806. The molecule has 10 nitrogen and oxygen atoms in total. The number of fused-ring (bicyclic) bond motifs is 3. The van der Waals surface area contributed by atoms with Gasteiger partial charge in [-0.25, -0.2) is 9.36 Å². The summed E-state index contributed by atoms with van der Waals surface area (Å²) in [5, 5.41) is 11.5. The van der Waals surface area contributed by atoms with Crippen molar-refractivity contribution in [1.82, 2.24) is 24.5 Å². The van der Waals surface area contributed by atoms with Gasteiger partial charge < -0.3 is 9.47 Å². The topological polar surface area (TPSA) is 117 Å². The summed E-state index contributed by atoms with van der Waals surface area (Å²) in [7, 11) is 1.53. The van der Waals surface area contributed by atoms with Crippen molar-refractivity contribution < 1.29 is 19.1 Å². The van der Waals surface area contributed by atoms with Gasteiger partial charge in [0.1, 0.15) is 5.75 Å². The van der Waals surface area contributed by atoms with E-state index in [1.165, 1.54) is 11.7 Å². The number of aromatic nitrogens is 4. The molecule has 4 rings (SSSR count). The fourth-order valence-electron chi connectivity index (χ4n) is 3.41. The van der Waals surface area contributed by atoms with Gasteiger partial charge in [0.15, 0.2) is 5.16 Å². The van der Waals surface area contributed by atoms with Gasteiger partial charge in [-0.2, -0.15) is 0 Å². The smallest absolute Gasteiger partial charge is 0.413 e. The molecule has 2 aromatic carbocycles. The maximum Gasteiger partial charge on any atom is 0.413 e. The van der Waals surface area contributed by atoms with Gasteiger partial charge in [0.2, 0.25) is 11.7 Å². The Labute approximate surface area is 192 Å². The number of hydrogen-bond acceptors (Lipinski definition) is 8. The van der Waals surface area contributed by atoms with Crippen LogP contribution in [-0.2, 0) is 9.53 Å². The maximum absolute atomic E-state index is 13.5. The molecule has 2 aromatic heterocycles. The van der Waals surface area contributed by atoms with Gasteiger partial charge in [-0.15, -0.1) is 10.2 Å². The minimum absolute atomic E-state index is 0.0964. The first-order valence-electron chi connectivity index (χ1n) is 10.1. The van der Waals surface area contributed by atoms with Crippen molar-refractivity contribution in [2.24, 2.45) is 0 Å². The number of rotatable bonds is 6. The predicted molar refractivity (Wildman–Crippen MR) is 123 cm³/mol. The number of nitrogens with one attached hydrogen (secondary N) is 1. The number of carbonyl (C=O) groups excluding carboxylic acids is 2. The number of amides is 2. The molecule has 11 heteroatoms. The molecule has 0 aliphatic carbocycles. The quantitative estimate of drug-likeness (QED) is 0.430. The molecule has 0 saturated heterocycles. The van der Waals surface area contributed by atoms with Crippen LogP contribution in [0.1, 0.15) is 12.5 Å². The zero-order valence-corrected chi connectivity index (χ0v) is 19.0. The van der Waals surface area contributed by atoms with Gasteiger partial charge in [-0.1, -0.05) is 30.0 Å². The zero-order valence-electron chi connectivity index (χ0n) is 18.2. The molecular weight excluding hydrogens is 446 g/mol. The predicted octanol–water partition coefficient (Wildman–Crippen LogP) is 2.72. The molecule has 0 fully saturated rings. The average molecular weight is 468 g/mol. The Morgan fingerprint density at radius 3 is 2.70 bits per heavy atom. The first-order chi connectivity index (χ1) is 15.9. The largest absolute Gasteiger partial charge is 0.495 e. The van der Waals surface area contributed by atoms with Crippen LogP contribution in [0.2, 0.25) is 0 Å². The lowest BCUT2D eigenvalue weighted by atomic mass is 10.2. The minimum atomic E-state index is -0.806. The van der Waals surface area contributed by atoms with E-state index >= 15 is 0 Å². The monoisotopic (exact) mass is 467 g/mol. The van der Waals surface area contributed by atoms with E-state index < -0.39 is 12.0 Å². The molecule has 2 amide bonds. The average Bonchev–Trinajstić information content (AvgIpc) is 3.22. The lowest BCUT2D eigenvalue weighted by Crippen LogP contribution is -2.32. The van der Waals surface area contributed by atoms with Crippen LogP contribution in [0.4, 0.5) is 4.79 Å². The Balaban J connectivity index is 1.85. The number of alkyl carbamates (subject to hydrolysis) is 1. The molecule has 0 atom stereocenters. The second kappa shape index (κ2) is 9.33. The third-order valence-electron chi connectivity index (χ3n) is 4.82. The highest BCUT2D eigenvalue weighted by atomic mass is 32.2. The van der Waals surface area contributed by atoms with Gasteiger partial charge in [0.25, 0.3) is 5.56 Å². The standard InChI is InChI=1S/C22H21N5O5S/c1-4-32-22(30)23-18(28)12-33-21-25-24-20-26(16-11-13(2)9-10-17(16)31-3)19(29)14-7-5-6-8-15(14)27(20)21/h5-11H,4,12H2,1-3H3,(H,23,28,30). The number of ether oxygens (including phenoxy) is 2. The highest BCUT2D eigenvalue weighted by molar-refractivity contribution is 7.99. The molecule has 4 aromatic rings. The number of para-hydroxylation sites is 1. The summed E-state index contributed by atoms with van der Waals surface area (Å²) in [5.74, 6) is 0.149. The van der Waals surface area contributed by atoms with Gasteiger partial charge in [0, 0.05) is 0 Å². The number of nitrogens with zero attached hydrogens (tertiary/aromatic N) is 4. The van der Waals surface area contributed by atoms with E-state index in [-0.39, 0.29) is 23.7 Å². The second-order valence-electron chi connectivity index (χ2n) is 7.01. The molecule has 0 bridgehead atoms. The van der Waals surface area contributed by atoms with Gasteiger partial charge >= 0.3 is 6.09 Å². The second-order valence-corrected chi connectivity index (χ2v) is 7.95. The summed E-state index contributed by atoms with van der Waals surface area (Å²) < 4.78 is 13.4. The van der Waals surface area contributed by atoms with E-state index in [9.17, 15) is 14.4 Å². The first-order valence-corrected chi connectivity index (χ1v) is 11.1. The fourth-order valence-corrected chi connectivity index (χ4v) is 4.15. The van der Waals surface area contributed by atoms with Crippen LogP contribution in [0.15, 0.2) is 52.4 Å². The van der Waals surface area contributed by atoms with Crippen molar-refractivity contribution in [2.45, 2.75) is 19.0 Å². The van der Waals surface area contributed by atoms with Gasteiger partial charge in [-0.3, -0.25) is 19.3 Å². The highest BCUT2D eigenvalue weighted by Crippen LogP contribution is 2.27.